The molecule has 1 amide bonds. The number of amides is 1. The number of unbranched alkanes of at least 4 members (excludes halogenated alkanes) is 2. The third-order valence-electron chi connectivity index (χ3n) is 4.34. The molecule has 4 nitrogen and oxygen atoms in total. The molecule has 1 unspecified atom stereocenters. The van der Waals surface area contributed by atoms with E-state index in [1.54, 1.807) is 13.8 Å². The smallest absolute Gasteiger partial charge is 0.309 e. The van der Waals surface area contributed by atoms with Crippen LogP contribution in [0, 0.1) is 11.3 Å². The van der Waals surface area contributed by atoms with Gasteiger partial charge in [0.25, 0.3) is 0 Å². The summed E-state index contributed by atoms with van der Waals surface area (Å²) in [6, 6.07) is 0. The largest absolute Gasteiger partial charge is 0.481 e. The van der Waals surface area contributed by atoms with Gasteiger partial charge in [-0.3, -0.25) is 9.59 Å². The van der Waals surface area contributed by atoms with Gasteiger partial charge >= 0.3 is 5.97 Å². The number of rotatable bonds is 6. The van der Waals surface area contributed by atoms with Crippen molar-refractivity contribution in [1.29, 1.82) is 0 Å². The van der Waals surface area contributed by atoms with Gasteiger partial charge in [0.1, 0.15) is 0 Å². The average Bonchev–Trinajstić information content (AvgIpc) is 2.39. The first-order valence-electron chi connectivity index (χ1n) is 7.40. The van der Waals surface area contributed by atoms with Gasteiger partial charge in [-0.05, 0) is 39.0 Å². The quantitative estimate of drug-likeness (QED) is 0.754. The molecule has 0 radical (unpaired) electrons. The van der Waals surface area contributed by atoms with Crippen LogP contribution >= 0.6 is 0 Å². The molecule has 0 aromatic heterocycles. The number of aliphatic carboxylic acids is 1. The van der Waals surface area contributed by atoms with Crippen LogP contribution in [-0.4, -0.2) is 35.0 Å². The minimum absolute atomic E-state index is 0.0638. The maximum Gasteiger partial charge on any atom is 0.309 e. The van der Waals surface area contributed by atoms with E-state index < -0.39 is 11.4 Å². The third kappa shape index (κ3) is 4.22. The molecule has 0 aromatic carbocycles. The van der Waals surface area contributed by atoms with Crippen molar-refractivity contribution in [3.8, 4) is 0 Å². The van der Waals surface area contributed by atoms with Gasteiger partial charge < -0.3 is 10.0 Å². The van der Waals surface area contributed by atoms with Gasteiger partial charge in [-0.25, -0.2) is 0 Å². The number of likely N-dealkylation sites (tertiary alicyclic amines) is 1. The summed E-state index contributed by atoms with van der Waals surface area (Å²) in [5, 5.41) is 9.29. The van der Waals surface area contributed by atoms with Crippen LogP contribution in [0.25, 0.3) is 0 Å². The fourth-order valence-corrected chi connectivity index (χ4v) is 2.65. The van der Waals surface area contributed by atoms with E-state index in [-0.39, 0.29) is 11.8 Å². The molecule has 1 saturated heterocycles. The Morgan fingerprint density at radius 3 is 2.58 bits per heavy atom. The maximum atomic E-state index is 12.1. The molecule has 19 heavy (non-hydrogen) atoms. The zero-order valence-electron chi connectivity index (χ0n) is 12.4. The minimum Gasteiger partial charge on any atom is -0.481 e. The molecule has 1 aliphatic heterocycles. The summed E-state index contributed by atoms with van der Waals surface area (Å²) in [5.41, 5.74) is -0.748. The van der Waals surface area contributed by atoms with Crippen molar-refractivity contribution in [3.05, 3.63) is 0 Å². The van der Waals surface area contributed by atoms with Gasteiger partial charge in [0.05, 0.1) is 5.41 Å². The molecule has 1 N–H and O–H groups in total. The summed E-state index contributed by atoms with van der Waals surface area (Å²) < 4.78 is 0. The van der Waals surface area contributed by atoms with Crippen LogP contribution in [-0.2, 0) is 9.59 Å². The van der Waals surface area contributed by atoms with Gasteiger partial charge in [0.2, 0.25) is 5.91 Å². The first kappa shape index (κ1) is 16.0. The predicted molar refractivity (Wildman–Crippen MR) is 74.9 cm³/mol. The number of hydrogen-bond acceptors (Lipinski definition) is 2. The Morgan fingerprint density at radius 2 is 2.00 bits per heavy atom. The highest BCUT2D eigenvalue weighted by molar-refractivity contribution is 5.77. The summed E-state index contributed by atoms with van der Waals surface area (Å²) in [4.78, 5) is 25.3. The summed E-state index contributed by atoms with van der Waals surface area (Å²) in [7, 11) is 0. The molecule has 1 heterocycles. The third-order valence-corrected chi connectivity index (χ3v) is 4.34. The van der Waals surface area contributed by atoms with Crippen LogP contribution in [0.3, 0.4) is 0 Å². The molecular weight excluding hydrogens is 242 g/mol. The second kappa shape index (κ2) is 6.92. The lowest BCUT2D eigenvalue weighted by Gasteiger charge is -2.39. The number of carboxylic acids is 1. The number of carboxylic acid groups (broad SMARTS) is 1. The number of carbonyl (C=O) groups excluding carboxylic acids is 1. The number of piperidine rings is 1. The Bertz CT molecular complexity index is 325. The van der Waals surface area contributed by atoms with Crippen LogP contribution in [0.15, 0.2) is 0 Å². The molecule has 1 aliphatic rings. The highest BCUT2D eigenvalue weighted by Gasteiger charge is 2.39. The van der Waals surface area contributed by atoms with Crippen molar-refractivity contribution in [2.24, 2.45) is 11.3 Å². The van der Waals surface area contributed by atoms with Crippen LogP contribution < -0.4 is 0 Å². The normalized spacial score (nSPS) is 20.4. The van der Waals surface area contributed by atoms with Gasteiger partial charge in [0.15, 0.2) is 0 Å². The van der Waals surface area contributed by atoms with E-state index in [2.05, 4.69) is 6.92 Å². The zero-order valence-corrected chi connectivity index (χ0v) is 12.4. The zero-order chi connectivity index (χ0) is 14.5. The van der Waals surface area contributed by atoms with Crippen molar-refractivity contribution in [1.82, 2.24) is 4.90 Å². The lowest BCUT2D eigenvalue weighted by Crippen LogP contribution is -2.46. The number of hydrogen-bond donors (Lipinski definition) is 1. The number of nitrogens with zero attached hydrogens (tertiary/aromatic N) is 1. The van der Waals surface area contributed by atoms with Crippen molar-refractivity contribution in [3.63, 3.8) is 0 Å². The fraction of sp³-hybridized carbons (Fsp3) is 0.867. The predicted octanol–water partition coefficient (Wildman–Crippen LogP) is 2.92. The van der Waals surface area contributed by atoms with Crippen molar-refractivity contribution in [2.45, 2.75) is 59.3 Å². The molecule has 1 rings (SSSR count). The maximum absolute atomic E-state index is 12.1. The number of carbonyl (C=O) groups is 2. The van der Waals surface area contributed by atoms with Crippen LogP contribution in [0.5, 0.6) is 0 Å². The van der Waals surface area contributed by atoms with E-state index in [0.717, 1.165) is 38.6 Å². The summed E-state index contributed by atoms with van der Waals surface area (Å²) >= 11 is 0. The van der Waals surface area contributed by atoms with Gasteiger partial charge in [0, 0.05) is 19.5 Å². The van der Waals surface area contributed by atoms with E-state index in [1.807, 2.05) is 4.90 Å². The highest BCUT2D eigenvalue weighted by Crippen LogP contribution is 2.34. The van der Waals surface area contributed by atoms with Crippen molar-refractivity contribution in [2.75, 3.05) is 13.1 Å². The Kier molecular flexibility index (Phi) is 5.83. The monoisotopic (exact) mass is 269 g/mol. The molecule has 110 valence electrons. The molecule has 1 atom stereocenters. The first-order chi connectivity index (χ1) is 8.89. The van der Waals surface area contributed by atoms with Crippen LogP contribution in [0.1, 0.15) is 59.3 Å². The molecule has 0 aromatic rings. The second-order valence-electron chi connectivity index (χ2n) is 6.16. The van der Waals surface area contributed by atoms with E-state index in [0.29, 0.717) is 13.0 Å². The topological polar surface area (TPSA) is 57.6 Å². The summed E-state index contributed by atoms with van der Waals surface area (Å²) in [6.45, 7) is 7.05. The van der Waals surface area contributed by atoms with Gasteiger partial charge in [-0.2, -0.15) is 0 Å². The van der Waals surface area contributed by atoms with Crippen molar-refractivity contribution >= 4 is 11.9 Å². The van der Waals surface area contributed by atoms with Gasteiger partial charge in [-0.1, -0.05) is 19.8 Å². The molecular formula is C15H27NO3. The molecule has 0 spiro atoms. The van der Waals surface area contributed by atoms with E-state index >= 15 is 0 Å². The Labute approximate surface area is 116 Å². The van der Waals surface area contributed by atoms with E-state index in [1.165, 1.54) is 0 Å². The van der Waals surface area contributed by atoms with E-state index in [4.69, 9.17) is 0 Å². The lowest BCUT2D eigenvalue weighted by molar-refractivity contribution is -0.153. The van der Waals surface area contributed by atoms with Gasteiger partial charge in [-0.15, -0.1) is 0 Å². The molecule has 1 fully saturated rings. The summed E-state index contributed by atoms with van der Waals surface area (Å²) in [6.07, 6.45) is 5.57. The fourth-order valence-electron chi connectivity index (χ4n) is 2.65. The Morgan fingerprint density at radius 1 is 1.32 bits per heavy atom. The molecule has 4 heteroatoms. The highest BCUT2D eigenvalue weighted by atomic mass is 16.4. The molecule has 0 aliphatic carbocycles. The summed E-state index contributed by atoms with van der Waals surface area (Å²) in [5.74, 6) is -0.508. The van der Waals surface area contributed by atoms with Crippen LogP contribution in [0.2, 0.25) is 0 Å². The van der Waals surface area contributed by atoms with E-state index in [9.17, 15) is 14.7 Å². The second-order valence-corrected chi connectivity index (χ2v) is 6.16. The standard InChI is InChI=1S/C15H27NO3/c1-4-5-6-9-13(17)16-10-7-8-12(11-16)15(2,3)14(18)19/h12H,4-11H2,1-3H3,(H,18,19). The molecule has 0 saturated carbocycles. The minimum atomic E-state index is -0.766. The van der Waals surface area contributed by atoms with Crippen molar-refractivity contribution < 1.29 is 14.7 Å². The lowest BCUT2D eigenvalue weighted by atomic mass is 9.74. The first-order valence-corrected chi connectivity index (χ1v) is 7.40. The molecule has 0 bridgehead atoms. The van der Waals surface area contributed by atoms with Crippen LogP contribution in [0.4, 0.5) is 0 Å². The SMILES string of the molecule is CCCCCC(=O)N1CCCC(C(C)(C)C(=O)O)C1. The Balaban J connectivity index is 2.54. The Hall–Kier alpha value is -1.06. The average molecular weight is 269 g/mol.